The number of amides is 1. The molecule has 29 heavy (non-hydrogen) atoms. The molecule has 3 aromatic rings. The third-order valence-corrected chi connectivity index (χ3v) is 5.15. The Bertz CT molecular complexity index is 1030. The Balaban J connectivity index is 1.73. The van der Waals surface area contributed by atoms with E-state index in [9.17, 15) is 4.79 Å². The molecule has 0 aliphatic carbocycles. The lowest BCUT2D eigenvalue weighted by Crippen LogP contribution is -2.18. The van der Waals surface area contributed by atoms with Gasteiger partial charge in [0.25, 0.3) is 5.91 Å². The summed E-state index contributed by atoms with van der Waals surface area (Å²) in [6.45, 7) is 12.7. The van der Waals surface area contributed by atoms with Gasteiger partial charge < -0.3 is 4.57 Å². The SMILES string of the molecule is Cc1ccc(-n2c(C)cc(/C=N\NC(=O)c3ccc(C(C)(C)C)cc3)c2C)cc1. The minimum absolute atomic E-state index is 0.0627. The summed E-state index contributed by atoms with van der Waals surface area (Å²) in [5.74, 6) is -0.214. The maximum atomic E-state index is 12.4. The van der Waals surface area contributed by atoms with Crippen molar-refractivity contribution >= 4 is 12.1 Å². The van der Waals surface area contributed by atoms with Crippen LogP contribution in [-0.2, 0) is 5.41 Å². The summed E-state index contributed by atoms with van der Waals surface area (Å²) in [7, 11) is 0. The molecule has 4 nitrogen and oxygen atoms in total. The Hall–Kier alpha value is -3.14. The Morgan fingerprint density at radius 1 is 0.966 bits per heavy atom. The number of aromatic nitrogens is 1. The minimum atomic E-state index is -0.214. The first-order valence-electron chi connectivity index (χ1n) is 9.87. The molecule has 1 N–H and O–H groups in total. The highest BCUT2D eigenvalue weighted by Crippen LogP contribution is 2.22. The summed E-state index contributed by atoms with van der Waals surface area (Å²) in [5, 5.41) is 4.17. The number of carbonyl (C=O) groups is 1. The van der Waals surface area contributed by atoms with E-state index in [0.717, 1.165) is 22.6 Å². The van der Waals surface area contributed by atoms with E-state index in [2.05, 4.69) is 87.0 Å². The van der Waals surface area contributed by atoms with Gasteiger partial charge in [0.1, 0.15) is 0 Å². The van der Waals surface area contributed by atoms with Crippen molar-refractivity contribution in [3.8, 4) is 5.69 Å². The number of hydrazone groups is 1. The van der Waals surface area contributed by atoms with Gasteiger partial charge in [0.15, 0.2) is 0 Å². The van der Waals surface area contributed by atoms with Crippen molar-refractivity contribution in [3.05, 3.63) is 88.2 Å². The van der Waals surface area contributed by atoms with Crippen molar-refractivity contribution in [2.75, 3.05) is 0 Å². The van der Waals surface area contributed by atoms with Gasteiger partial charge in [0.2, 0.25) is 0 Å². The van der Waals surface area contributed by atoms with Gasteiger partial charge in [-0.1, -0.05) is 50.6 Å². The largest absolute Gasteiger partial charge is 0.318 e. The fraction of sp³-hybridized carbons (Fsp3) is 0.280. The number of nitrogens with zero attached hydrogens (tertiary/aromatic N) is 2. The molecule has 150 valence electrons. The number of benzene rings is 2. The van der Waals surface area contributed by atoms with Crippen LogP contribution in [0.3, 0.4) is 0 Å². The van der Waals surface area contributed by atoms with E-state index in [4.69, 9.17) is 0 Å². The quantitative estimate of drug-likeness (QED) is 0.469. The van der Waals surface area contributed by atoms with E-state index >= 15 is 0 Å². The van der Waals surface area contributed by atoms with Crippen LogP contribution in [-0.4, -0.2) is 16.7 Å². The van der Waals surface area contributed by atoms with Crippen molar-refractivity contribution in [2.45, 2.75) is 47.0 Å². The van der Waals surface area contributed by atoms with Gasteiger partial charge in [-0.15, -0.1) is 0 Å². The predicted octanol–water partition coefficient (Wildman–Crippen LogP) is 5.46. The highest BCUT2D eigenvalue weighted by Gasteiger charge is 2.14. The van der Waals surface area contributed by atoms with E-state index < -0.39 is 0 Å². The fourth-order valence-electron chi connectivity index (χ4n) is 3.36. The van der Waals surface area contributed by atoms with Crippen LogP contribution in [0, 0.1) is 20.8 Å². The zero-order valence-corrected chi connectivity index (χ0v) is 18.1. The van der Waals surface area contributed by atoms with Gasteiger partial charge in [-0.3, -0.25) is 4.79 Å². The summed E-state index contributed by atoms with van der Waals surface area (Å²) in [5.41, 5.74) is 10.0. The molecule has 1 heterocycles. The monoisotopic (exact) mass is 387 g/mol. The maximum Gasteiger partial charge on any atom is 0.271 e. The molecule has 2 aromatic carbocycles. The molecule has 0 fully saturated rings. The number of nitrogens with one attached hydrogen (secondary N) is 1. The van der Waals surface area contributed by atoms with Gasteiger partial charge in [0.05, 0.1) is 6.21 Å². The number of rotatable bonds is 4. The van der Waals surface area contributed by atoms with E-state index in [0.29, 0.717) is 5.56 Å². The smallest absolute Gasteiger partial charge is 0.271 e. The molecule has 0 aliphatic heterocycles. The van der Waals surface area contributed by atoms with Crippen molar-refractivity contribution in [2.24, 2.45) is 5.10 Å². The molecule has 0 radical (unpaired) electrons. The van der Waals surface area contributed by atoms with E-state index in [1.54, 1.807) is 6.21 Å². The van der Waals surface area contributed by atoms with Crippen LogP contribution in [0.1, 0.15) is 59.2 Å². The van der Waals surface area contributed by atoms with Crippen LogP contribution in [0.25, 0.3) is 5.69 Å². The second-order valence-corrected chi connectivity index (χ2v) is 8.52. The second kappa shape index (κ2) is 8.08. The molecule has 1 amide bonds. The fourth-order valence-corrected chi connectivity index (χ4v) is 3.36. The molecule has 0 aliphatic rings. The molecule has 0 saturated carbocycles. The van der Waals surface area contributed by atoms with Crippen molar-refractivity contribution < 1.29 is 4.79 Å². The summed E-state index contributed by atoms with van der Waals surface area (Å²) in [6, 6.07) is 18.2. The van der Waals surface area contributed by atoms with Gasteiger partial charge in [-0.2, -0.15) is 5.10 Å². The third-order valence-electron chi connectivity index (χ3n) is 5.15. The summed E-state index contributed by atoms with van der Waals surface area (Å²) in [6.07, 6.45) is 1.70. The number of hydrogen-bond donors (Lipinski definition) is 1. The van der Waals surface area contributed by atoms with Crippen LogP contribution < -0.4 is 5.43 Å². The normalized spacial score (nSPS) is 11.8. The summed E-state index contributed by atoms with van der Waals surface area (Å²) in [4.78, 5) is 12.4. The molecular formula is C25H29N3O. The van der Waals surface area contributed by atoms with E-state index in [-0.39, 0.29) is 11.3 Å². The predicted molar refractivity (Wildman–Crippen MR) is 120 cm³/mol. The molecule has 0 saturated heterocycles. The molecule has 3 rings (SSSR count). The molecule has 0 spiro atoms. The first kappa shape index (κ1) is 20.6. The topological polar surface area (TPSA) is 46.4 Å². The third kappa shape index (κ3) is 4.65. The second-order valence-electron chi connectivity index (χ2n) is 8.52. The maximum absolute atomic E-state index is 12.4. The number of carbonyl (C=O) groups excluding carboxylic acids is 1. The number of hydrogen-bond acceptors (Lipinski definition) is 2. The van der Waals surface area contributed by atoms with Gasteiger partial charge in [-0.05, 0) is 62.1 Å². The van der Waals surface area contributed by atoms with Crippen LogP contribution in [0.15, 0.2) is 59.7 Å². The first-order chi connectivity index (χ1) is 13.7. The van der Waals surface area contributed by atoms with Crippen LogP contribution in [0.5, 0.6) is 0 Å². The van der Waals surface area contributed by atoms with Gasteiger partial charge in [0, 0.05) is 28.2 Å². The first-order valence-corrected chi connectivity index (χ1v) is 9.87. The van der Waals surface area contributed by atoms with E-state index in [1.807, 2.05) is 24.3 Å². The summed E-state index contributed by atoms with van der Waals surface area (Å²) < 4.78 is 2.19. The Labute approximate surface area is 173 Å². The van der Waals surface area contributed by atoms with Crippen molar-refractivity contribution in [1.29, 1.82) is 0 Å². The molecule has 0 atom stereocenters. The van der Waals surface area contributed by atoms with Crippen molar-refractivity contribution in [3.63, 3.8) is 0 Å². The average molecular weight is 388 g/mol. The molecule has 0 unspecified atom stereocenters. The zero-order chi connectivity index (χ0) is 21.2. The van der Waals surface area contributed by atoms with Gasteiger partial charge >= 0.3 is 0 Å². The lowest BCUT2D eigenvalue weighted by molar-refractivity contribution is 0.0955. The Morgan fingerprint density at radius 2 is 1.59 bits per heavy atom. The number of aryl methyl sites for hydroxylation is 2. The molecule has 0 bridgehead atoms. The van der Waals surface area contributed by atoms with Crippen LogP contribution >= 0.6 is 0 Å². The zero-order valence-electron chi connectivity index (χ0n) is 18.1. The average Bonchev–Trinajstić information content (AvgIpc) is 2.95. The Morgan fingerprint density at radius 3 is 2.17 bits per heavy atom. The van der Waals surface area contributed by atoms with E-state index in [1.165, 1.54) is 11.1 Å². The molecular weight excluding hydrogens is 358 g/mol. The molecule has 4 heteroatoms. The lowest BCUT2D eigenvalue weighted by atomic mass is 9.87. The Kier molecular flexibility index (Phi) is 5.73. The van der Waals surface area contributed by atoms with Crippen LogP contribution in [0.4, 0.5) is 0 Å². The van der Waals surface area contributed by atoms with Crippen molar-refractivity contribution in [1.82, 2.24) is 9.99 Å². The minimum Gasteiger partial charge on any atom is -0.318 e. The highest BCUT2D eigenvalue weighted by atomic mass is 16.2. The summed E-state index contributed by atoms with van der Waals surface area (Å²) >= 11 is 0. The standard InChI is InChI=1S/C25H29N3O/c1-17-7-13-23(14-8-17)28-18(2)15-21(19(28)3)16-26-27-24(29)20-9-11-22(12-10-20)25(4,5)6/h7-16H,1-6H3,(H,27,29)/b26-16-. The van der Waals surface area contributed by atoms with Gasteiger partial charge in [-0.25, -0.2) is 5.43 Å². The lowest BCUT2D eigenvalue weighted by Gasteiger charge is -2.18. The molecule has 1 aromatic heterocycles. The van der Waals surface area contributed by atoms with Crippen LogP contribution in [0.2, 0.25) is 0 Å². The highest BCUT2D eigenvalue weighted by molar-refractivity contribution is 5.95.